The summed E-state index contributed by atoms with van der Waals surface area (Å²) in [5.74, 6) is 0. The van der Waals surface area contributed by atoms with E-state index in [1.165, 1.54) is 55.1 Å². The second-order valence-corrected chi connectivity index (χ2v) is 11.0. The molecule has 4 aromatic carbocycles. The number of rotatable bonds is 1. The molecule has 0 spiro atoms. The number of benzene rings is 4. The van der Waals surface area contributed by atoms with Gasteiger partial charge in [-0.2, -0.15) is 0 Å². The molecule has 0 radical (unpaired) electrons. The summed E-state index contributed by atoms with van der Waals surface area (Å²) in [6, 6.07) is 35.1. The van der Waals surface area contributed by atoms with Crippen LogP contribution >= 0.6 is 0 Å². The van der Waals surface area contributed by atoms with Gasteiger partial charge in [0.05, 0.1) is 22.1 Å². The smallest absolute Gasteiger partial charge is 0.178 e. The first kappa shape index (κ1) is 21.3. The van der Waals surface area contributed by atoms with E-state index >= 15 is 0 Å². The maximum atomic E-state index is 5.01. The number of para-hydroxylation sites is 2. The molecule has 0 saturated heterocycles. The summed E-state index contributed by atoms with van der Waals surface area (Å²) >= 11 is 0. The van der Waals surface area contributed by atoms with Gasteiger partial charge in [0.25, 0.3) is 0 Å². The fraction of sp³-hybridized carbons (Fsp3) is 0.0278. The Kier molecular flexibility index (Phi) is 3.92. The third-order valence-electron chi connectivity index (χ3n) is 8.83. The molecule has 1 aliphatic rings. The molecule has 0 unspecified atom stereocenters. The third-order valence-corrected chi connectivity index (χ3v) is 8.83. The van der Waals surface area contributed by atoms with Crippen LogP contribution in [0.1, 0.15) is 11.1 Å². The van der Waals surface area contributed by atoms with E-state index in [1.54, 1.807) is 0 Å². The number of aromatic nitrogens is 5. The van der Waals surface area contributed by atoms with Crippen LogP contribution in [0.2, 0.25) is 0 Å². The molecule has 0 fully saturated rings. The SMILES string of the molecule is c1ccc(-n2c3ccccc3c3cc4c(cc32)Cc2cc3c(cc2-4)c2cnccc2n2c4cccnc4nc32)cc1. The van der Waals surface area contributed by atoms with Crippen LogP contribution in [0.3, 0.4) is 0 Å². The van der Waals surface area contributed by atoms with E-state index in [-0.39, 0.29) is 0 Å². The molecule has 41 heavy (non-hydrogen) atoms. The van der Waals surface area contributed by atoms with Crippen LogP contribution in [0, 0.1) is 0 Å². The van der Waals surface area contributed by atoms with Gasteiger partial charge in [0, 0.05) is 45.8 Å². The molecule has 9 aromatic rings. The number of hydrogen-bond acceptors (Lipinski definition) is 3. The second kappa shape index (κ2) is 7.55. The topological polar surface area (TPSA) is 48.0 Å². The number of pyridine rings is 3. The van der Waals surface area contributed by atoms with Gasteiger partial charge in [-0.15, -0.1) is 0 Å². The molecule has 0 aliphatic heterocycles. The van der Waals surface area contributed by atoms with Gasteiger partial charge < -0.3 is 4.57 Å². The van der Waals surface area contributed by atoms with Crippen molar-refractivity contribution in [3.8, 4) is 16.8 Å². The summed E-state index contributed by atoms with van der Waals surface area (Å²) in [7, 11) is 0. The molecule has 190 valence electrons. The fourth-order valence-electron chi connectivity index (χ4n) is 7.09. The molecular formula is C36H21N5. The van der Waals surface area contributed by atoms with E-state index in [0.29, 0.717) is 0 Å². The highest BCUT2D eigenvalue weighted by Gasteiger charge is 2.25. The standard InChI is InChI=1S/C36H21N5/c1-2-7-23(8-3-1)40-31-10-5-4-9-24(31)28-19-26-22(17-34(28)40)15-21-16-29-27(18-25(21)26)30-20-37-14-12-32(30)41-33-11-6-13-38-35(33)39-36(29)41/h1-14,16-20H,15H2. The van der Waals surface area contributed by atoms with Gasteiger partial charge in [0.15, 0.2) is 5.65 Å². The van der Waals surface area contributed by atoms with E-state index in [9.17, 15) is 0 Å². The van der Waals surface area contributed by atoms with E-state index in [2.05, 4.69) is 110 Å². The van der Waals surface area contributed by atoms with Crippen molar-refractivity contribution in [3.05, 3.63) is 127 Å². The first-order valence-electron chi connectivity index (χ1n) is 13.9. The minimum Gasteiger partial charge on any atom is -0.309 e. The molecule has 5 heterocycles. The first-order chi connectivity index (χ1) is 20.3. The zero-order valence-electron chi connectivity index (χ0n) is 21.9. The summed E-state index contributed by atoms with van der Waals surface area (Å²) < 4.78 is 4.63. The third kappa shape index (κ3) is 2.72. The molecule has 10 rings (SSSR count). The summed E-state index contributed by atoms with van der Waals surface area (Å²) in [5, 5.41) is 5.99. The lowest BCUT2D eigenvalue weighted by molar-refractivity contribution is 1.17. The van der Waals surface area contributed by atoms with E-state index in [0.717, 1.165) is 39.5 Å². The van der Waals surface area contributed by atoms with E-state index < -0.39 is 0 Å². The van der Waals surface area contributed by atoms with Crippen molar-refractivity contribution in [1.29, 1.82) is 0 Å². The highest BCUT2D eigenvalue weighted by Crippen LogP contribution is 2.45. The van der Waals surface area contributed by atoms with E-state index in [1.807, 2.05) is 24.7 Å². The minimum absolute atomic E-state index is 0.762. The number of imidazole rings is 1. The summed E-state index contributed by atoms with van der Waals surface area (Å²) in [4.78, 5) is 14.1. The Morgan fingerprint density at radius 3 is 2.29 bits per heavy atom. The van der Waals surface area contributed by atoms with E-state index in [4.69, 9.17) is 4.98 Å². The molecule has 0 atom stereocenters. The van der Waals surface area contributed by atoms with Crippen LogP contribution in [-0.4, -0.2) is 23.9 Å². The molecule has 0 saturated carbocycles. The lowest BCUT2D eigenvalue weighted by atomic mass is 9.98. The Morgan fingerprint density at radius 2 is 1.37 bits per heavy atom. The van der Waals surface area contributed by atoms with Crippen LogP contribution in [-0.2, 0) is 6.42 Å². The van der Waals surface area contributed by atoms with Crippen LogP contribution in [0.5, 0.6) is 0 Å². The Balaban J connectivity index is 1.30. The number of nitrogens with zero attached hydrogens (tertiary/aromatic N) is 5. The van der Waals surface area contributed by atoms with Gasteiger partial charge in [0.2, 0.25) is 0 Å². The average Bonchev–Trinajstić information content (AvgIpc) is 3.69. The molecule has 0 N–H and O–H groups in total. The maximum Gasteiger partial charge on any atom is 0.178 e. The zero-order valence-corrected chi connectivity index (χ0v) is 21.9. The predicted octanol–water partition coefficient (Wildman–Crippen LogP) is 8.25. The molecule has 5 nitrogen and oxygen atoms in total. The number of hydrogen-bond donors (Lipinski definition) is 0. The highest BCUT2D eigenvalue weighted by atomic mass is 15.1. The van der Waals surface area contributed by atoms with Gasteiger partial charge in [-0.1, -0.05) is 36.4 Å². The van der Waals surface area contributed by atoms with Crippen LogP contribution < -0.4 is 0 Å². The Bertz CT molecular complexity index is 2550. The molecule has 5 aromatic heterocycles. The lowest BCUT2D eigenvalue weighted by Gasteiger charge is -2.11. The van der Waals surface area contributed by atoms with Gasteiger partial charge >= 0.3 is 0 Å². The zero-order chi connectivity index (χ0) is 26.7. The quantitative estimate of drug-likeness (QED) is 0.204. The van der Waals surface area contributed by atoms with Gasteiger partial charge in [-0.25, -0.2) is 9.97 Å². The maximum absolute atomic E-state index is 5.01. The predicted molar refractivity (Wildman–Crippen MR) is 166 cm³/mol. The summed E-state index contributed by atoms with van der Waals surface area (Å²) in [6.45, 7) is 0. The van der Waals surface area contributed by atoms with Crippen molar-refractivity contribution in [3.63, 3.8) is 0 Å². The fourth-order valence-corrected chi connectivity index (χ4v) is 7.09. The molecule has 1 aliphatic carbocycles. The lowest BCUT2D eigenvalue weighted by Crippen LogP contribution is -1.93. The molecule has 0 amide bonds. The summed E-state index contributed by atoms with van der Waals surface area (Å²) in [6.07, 6.45) is 6.55. The Labute approximate surface area is 234 Å². The minimum atomic E-state index is 0.762. The van der Waals surface area contributed by atoms with Crippen molar-refractivity contribution >= 4 is 60.3 Å². The van der Waals surface area contributed by atoms with Crippen LogP contribution in [0.4, 0.5) is 0 Å². The van der Waals surface area contributed by atoms with Gasteiger partial charge in [-0.3, -0.25) is 9.38 Å². The number of fused-ring (bicyclic) bond motifs is 14. The van der Waals surface area contributed by atoms with Gasteiger partial charge in [-0.05, 0) is 94.7 Å². The Morgan fingerprint density at radius 1 is 0.561 bits per heavy atom. The molecular weight excluding hydrogens is 502 g/mol. The van der Waals surface area contributed by atoms with Crippen molar-refractivity contribution in [1.82, 2.24) is 23.9 Å². The Hall–Kier alpha value is -5.55. The van der Waals surface area contributed by atoms with Crippen LogP contribution in [0.15, 0.2) is 116 Å². The highest BCUT2D eigenvalue weighted by molar-refractivity contribution is 6.16. The molecule has 5 heteroatoms. The second-order valence-electron chi connectivity index (χ2n) is 11.0. The van der Waals surface area contributed by atoms with Crippen molar-refractivity contribution in [2.45, 2.75) is 6.42 Å². The normalized spacial score (nSPS) is 12.8. The largest absolute Gasteiger partial charge is 0.309 e. The first-order valence-corrected chi connectivity index (χ1v) is 13.9. The molecule has 0 bridgehead atoms. The van der Waals surface area contributed by atoms with Crippen molar-refractivity contribution in [2.75, 3.05) is 0 Å². The summed E-state index contributed by atoms with van der Waals surface area (Å²) in [5.41, 5.74) is 12.8. The van der Waals surface area contributed by atoms with Crippen molar-refractivity contribution < 1.29 is 0 Å². The van der Waals surface area contributed by atoms with Crippen molar-refractivity contribution in [2.24, 2.45) is 0 Å². The monoisotopic (exact) mass is 523 g/mol. The average molecular weight is 524 g/mol. The van der Waals surface area contributed by atoms with Gasteiger partial charge in [0.1, 0.15) is 5.65 Å². The van der Waals surface area contributed by atoms with Crippen LogP contribution in [0.25, 0.3) is 77.1 Å².